The lowest BCUT2D eigenvalue weighted by molar-refractivity contribution is 0.314. The number of nitrogens with zero attached hydrogens (tertiary/aromatic N) is 1. The highest BCUT2D eigenvalue weighted by Crippen LogP contribution is 2.30. The molecule has 0 saturated carbocycles. The van der Waals surface area contributed by atoms with E-state index in [2.05, 4.69) is 46.9 Å². The van der Waals surface area contributed by atoms with Crippen LogP contribution in [0.5, 0.6) is 0 Å². The van der Waals surface area contributed by atoms with Crippen LogP contribution in [-0.2, 0) is 0 Å². The van der Waals surface area contributed by atoms with Gasteiger partial charge in [0.2, 0.25) is 0 Å². The Balaban J connectivity index is 2.67. The standard InChI is InChI=1S/C14H28N2S/c1-7-11(10(2)3)15-13-16-12(8-9-17-13)14(4,5)6/h10-12H,7-9H2,1-6H3,(H,15,16). The van der Waals surface area contributed by atoms with Gasteiger partial charge in [-0.15, -0.1) is 0 Å². The van der Waals surface area contributed by atoms with Gasteiger partial charge in [-0.25, -0.2) is 0 Å². The van der Waals surface area contributed by atoms with Crippen LogP contribution in [0.1, 0.15) is 54.4 Å². The minimum atomic E-state index is 0.285. The fraction of sp³-hybridized carbons (Fsp3) is 0.929. The normalized spacial score (nSPS) is 23.5. The van der Waals surface area contributed by atoms with Gasteiger partial charge >= 0.3 is 0 Å². The second-order valence-corrected chi connectivity index (χ2v) is 7.44. The van der Waals surface area contributed by atoms with Crippen LogP contribution in [0.2, 0.25) is 0 Å². The Hall–Kier alpha value is -0.180. The number of hydrogen-bond acceptors (Lipinski definition) is 3. The fourth-order valence-electron chi connectivity index (χ4n) is 2.11. The number of hydrogen-bond donors (Lipinski definition) is 1. The summed E-state index contributed by atoms with van der Waals surface area (Å²) >= 11 is 1.88. The first-order valence-electron chi connectivity index (χ1n) is 6.81. The first kappa shape index (κ1) is 14.9. The summed E-state index contributed by atoms with van der Waals surface area (Å²) in [4.78, 5) is 4.89. The molecule has 1 aliphatic rings. The van der Waals surface area contributed by atoms with Gasteiger partial charge in [0.1, 0.15) is 0 Å². The molecule has 17 heavy (non-hydrogen) atoms. The second kappa shape index (κ2) is 6.12. The molecule has 100 valence electrons. The molecule has 2 nitrogen and oxygen atoms in total. The van der Waals surface area contributed by atoms with E-state index in [0.29, 0.717) is 18.0 Å². The van der Waals surface area contributed by atoms with E-state index in [1.807, 2.05) is 11.8 Å². The van der Waals surface area contributed by atoms with Crippen LogP contribution >= 0.6 is 11.8 Å². The van der Waals surface area contributed by atoms with Gasteiger partial charge in [0.15, 0.2) is 5.17 Å². The van der Waals surface area contributed by atoms with Crippen LogP contribution in [-0.4, -0.2) is 23.0 Å². The van der Waals surface area contributed by atoms with Gasteiger partial charge in [-0.1, -0.05) is 53.3 Å². The molecule has 0 amide bonds. The zero-order chi connectivity index (χ0) is 13.1. The molecule has 1 N–H and O–H groups in total. The van der Waals surface area contributed by atoms with Crippen molar-refractivity contribution in [1.29, 1.82) is 0 Å². The molecule has 1 aliphatic heterocycles. The van der Waals surface area contributed by atoms with Crippen molar-refractivity contribution in [2.24, 2.45) is 16.3 Å². The molecular formula is C14H28N2S. The van der Waals surface area contributed by atoms with E-state index in [1.54, 1.807) is 0 Å². The SMILES string of the molecule is CCC(NC1=NC(C(C)(C)C)CCS1)C(C)C. The van der Waals surface area contributed by atoms with E-state index in [0.717, 1.165) is 11.6 Å². The van der Waals surface area contributed by atoms with E-state index in [9.17, 15) is 0 Å². The van der Waals surface area contributed by atoms with Crippen molar-refractivity contribution < 1.29 is 0 Å². The van der Waals surface area contributed by atoms with Crippen molar-refractivity contribution in [3.8, 4) is 0 Å². The van der Waals surface area contributed by atoms with Crippen molar-refractivity contribution in [2.45, 2.75) is 66.5 Å². The van der Waals surface area contributed by atoms with Crippen molar-refractivity contribution in [3.63, 3.8) is 0 Å². The Kier molecular flexibility index (Phi) is 5.36. The first-order valence-corrected chi connectivity index (χ1v) is 7.80. The van der Waals surface area contributed by atoms with Crippen molar-refractivity contribution in [2.75, 3.05) is 5.75 Å². The van der Waals surface area contributed by atoms with Crippen LogP contribution in [0.4, 0.5) is 0 Å². The molecule has 0 bridgehead atoms. The number of nitrogens with one attached hydrogen (secondary N) is 1. The maximum Gasteiger partial charge on any atom is 0.157 e. The Morgan fingerprint density at radius 3 is 2.53 bits per heavy atom. The van der Waals surface area contributed by atoms with Gasteiger partial charge in [-0.3, -0.25) is 4.99 Å². The Labute approximate surface area is 111 Å². The van der Waals surface area contributed by atoms with Gasteiger partial charge in [0.25, 0.3) is 0 Å². The van der Waals surface area contributed by atoms with E-state index in [-0.39, 0.29) is 5.41 Å². The molecule has 0 aromatic carbocycles. The van der Waals surface area contributed by atoms with Gasteiger partial charge in [0, 0.05) is 11.8 Å². The van der Waals surface area contributed by atoms with Gasteiger partial charge in [0.05, 0.1) is 6.04 Å². The first-order chi connectivity index (χ1) is 7.84. The molecule has 1 heterocycles. The molecule has 0 radical (unpaired) electrons. The lowest BCUT2D eigenvalue weighted by Gasteiger charge is -2.32. The average molecular weight is 256 g/mol. The predicted octanol–water partition coefficient (Wildman–Crippen LogP) is 3.92. The third-order valence-electron chi connectivity index (χ3n) is 3.46. The lowest BCUT2D eigenvalue weighted by Crippen LogP contribution is -2.40. The summed E-state index contributed by atoms with van der Waals surface area (Å²) in [6.45, 7) is 13.7. The van der Waals surface area contributed by atoms with Crippen LogP contribution in [0.25, 0.3) is 0 Å². The molecule has 0 aromatic heterocycles. The number of thioether (sulfide) groups is 1. The van der Waals surface area contributed by atoms with E-state index in [1.165, 1.54) is 12.2 Å². The molecule has 2 atom stereocenters. The van der Waals surface area contributed by atoms with Crippen molar-refractivity contribution in [1.82, 2.24) is 5.32 Å². The average Bonchev–Trinajstić information content (AvgIpc) is 2.24. The minimum Gasteiger partial charge on any atom is -0.362 e. The summed E-state index contributed by atoms with van der Waals surface area (Å²) < 4.78 is 0. The fourth-order valence-corrected chi connectivity index (χ4v) is 3.09. The summed E-state index contributed by atoms with van der Waals surface area (Å²) in [7, 11) is 0. The highest BCUT2D eigenvalue weighted by molar-refractivity contribution is 8.13. The Morgan fingerprint density at radius 1 is 1.41 bits per heavy atom. The van der Waals surface area contributed by atoms with Gasteiger partial charge in [-0.05, 0) is 24.2 Å². The second-order valence-electron chi connectivity index (χ2n) is 6.36. The summed E-state index contributed by atoms with van der Waals surface area (Å²) in [6, 6.07) is 1.02. The van der Waals surface area contributed by atoms with Crippen LogP contribution in [0.15, 0.2) is 4.99 Å². The summed E-state index contributed by atoms with van der Waals surface area (Å²) in [5, 5.41) is 4.78. The van der Waals surface area contributed by atoms with Gasteiger partial charge in [-0.2, -0.15) is 0 Å². The molecule has 2 unspecified atom stereocenters. The van der Waals surface area contributed by atoms with Crippen LogP contribution in [0.3, 0.4) is 0 Å². The molecule has 3 heteroatoms. The van der Waals surface area contributed by atoms with Crippen molar-refractivity contribution >= 4 is 16.9 Å². The maximum atomic E-state index is 4.89. The van der Waals surface area contributed by atoms with Crippen molar-refractivity contribution in [3.05, 3.63) is 0 Å². The highest BCUT2D eigenvalue weighted by Gasteiger charge is 2.28. The van der Waals surface area contributed by atoms with E-state index < -0.39 is 0 Å². The summed E-state index contributed by atoms with van der Waals surface area (Å²) in [5.74, 6) is 1.86. The highest BCUT2D eigenvalue weighted by atomic mass is 32.2. The zero-order valence-corrected chi connectivity index (χ0v) is 13.0. The summed E-state index contributed by atoms with van der Waals surface area (Å²) in [5.41, 5.74) is 0.285. The quantitative estimate of drug-likeness (QED) is 0.827. The molecule has 0 spiro atoms. The van der Waals surface area contributed by atoms with Crippen LogP contribution in [0, 0.1) is 11.3 Å². The van der Waals surface area contributed by atoms with Crippen LogP contribution < -0.4 is 5.32 Å². The zero-order valence-electron chi connectivity index (χ0n) is 12.2. The largest absolute Gasteiger partial charge is 0.362 e. The number of rotatable bonds is 3. The van der Waals surface area contributed by atoms with Gasteiger partial charge < -0.3 is 5.32 Å². The molecule has 0 aromatic rings. The Morgan fingerprint density at radius 2 is 2.06 bits per heavy atom. The molecule has 0 fully saturated rings. The third kappa shape index (κ3) is 4.53. The van der Waals surface area contributed by atoms with E-state index in [4.69, 9.17) is 4.99 Å². The molecular weight excluding hydrogens is 228 g/mol. The Bertz CT molecular complexity index is 266. The monoisotopic (exact) mass is 256 g/mol. The molecule has 0 aliphatic carbocycles. The topological polar surface area (TPSA) is 24.4 Å². The number of amidine groups is 1. The lowest BCUT2D eigenvalue weighted by atomic mass is 9.85. The predicted molar refractivity (Wildman–Crippen MR) is 79.8 cm³/mol. The summed E-state index contributed by atoms with van der Waals surface area (Å²) in [6.07, 6.45) is 2.37. The van der Waals surface area contributed by atoms with E-state index >= 15 is 0 Å². The third-order valence-corrected chi connectivity index (χ3v) is 4.39. The number of aliphatic imine (C=N–C) groups is 1. The molecule has 1 rings (SSSR count). The molecule has 0 saturated heterocycles. The smallest absolute Gasteiger partial charge is 0.157 e. The maximum absolute atomic E-state index is 4.89. The minimum absolute atomic E-state index is 0.285.